The molecule has 1 amide bonds. The summed E-state index contributed by atoms with van der Waals surface area (Å²) < 4.78 is 18.2. The van der Waals surface area contributed by atoms with Crippen molar-refractivity contribution in [2.45, 2.75) is 38.4 Å². The molecule has 1 unspecified atom stereocenters. The van der Waals surface area contributed by atoms with Gasteiger partial charge in [-0.1, -0.05) is 6.07 Å². The van der Waals surface area contributed by atoms with Crippen molar-refractivity contribution in [3.63, 3.8) is 0 Å². The van der Waals surface area contributed by atoms with Gasteiger partial charge in [-0.05, 0) is 37.5 Å². The van der Waals surface area contributed by atoms with Crippen molar-refractivity contribution >= 4 is 11.9 Å². The number of halogens is 1. The van der Waals surface area contributed by atoms with Crippen molar-refractivity contribution in [3.05, 3.63) is 35.1 Å². The molecule has 5 nitrogen and oxygen atoms in total. The van der Waals surface area contributed by atoms with E-state index in [-0.39, 0.29) is 17.5 Å². The molecule has 0 bridgehead atoms. The largest absolute Gasteiger partial charge is 0.465 e. The fourth-order valence-corrected chi connectivity index (χ4v) is 1.86. The minimum Gasteiger partial charge on any atom is -0.465 e. The Morgan fingerprint density at radius 2 is 2.14 bits per heavy atom. The van der Waals surface area contributed by atoms with Crippen molar-refractivity contribution in [1.29, 1.82) is 0 Å². The average Bonchev–Trinajstić information content (AvgIpc) is 3.27. The summed E-state index contributed by atoms with van der Waals surface area (Å²) >= 11 is 0. The second kappa shape index (κ2) is 6.67. The normalized spacial score (nSPS) is 15.4. The molecule has 1 atom stereocenters. The molecule has 1 saturated carbocycles. The Labute approximate surface area is 122 Å². The third kappa shape index (κ3) is 4.26. The number of amides is 1. The van der Waals surface area contributed by atoms with Crippen LogP contribution >= 0.6 is 0 Å². The number of hydrogen-bond donors (Lipinski definition) is 2. The molecule has 0 aromatic heterocycles. The molecule has 1 aromatic carbocycles. The van der Waals surface area contributed by atoms with Gasteiger partial charge in [-0.3, -0.25) is 4.79 Å². The van der Waals surface area contributed by atoms with E-state index in [0.717, 1.165) is 12.8 Å². The van der Waals surface area contributed by atoms with Crippen LogP contribution in [0.2, 0.25) is 0 Å². The van der Waals surface area contributed by atoms with Crippen LogP contribution in [0.15, 0.2) is 18.2 Å². The maximum atomic E-state index is 13.7. The van der Waals surface area contributed by atoms with E-state index in [1.165, 1.54) is 19.2 Å². The number of esters is 1. The Balaban J connectivity index is 1.89. The predicted octanol–water partition coefficient (Wildman–Crippen LogP) is 1.37. The molecule has 1 aliphatic carbocycles. The Bertz CT molecular complexity index is 544. The van der Waals surface area contributed by atoms with E-state index in [9.17, 15) is 14.0 Å². The van der Waals surface area contributed by atoms with Gasteiger partial charge in [0.05, 0.1) is 18.7 Å². The van der Waals surface area contributed by atoms with E-state index in [2.05, 4.69) is 15.4 Å². The molecule has 0 saturated heterocycles. The van der Waals surface area contributed by atoms with Gasteiger partial charge in [-0.2, -0.15) is 0 Å². The lowest BCUT2D eigenvalue weighted by Crippen LogP contribution is -2.42. The molecule has 2 rings (SSSR count). The molecule has 21 heavy (non-hydrogen) atoms. The predicted molar refractivity (Wildman–Crippen MR) is 75.2 cm³/mol. The second-order valence-corrected chi connectivity index (χ2v) is 5.19. The molecular formula is C15H19FN2O3. The van der Waals surface area contributed by atoms with Crippen molar-refractivity contribution < 1.29 is 18.7 Å². The van der Waals surface area contributed by atoms with E-state index in [0.29, 0.717) is 18.2 Å². The lowest BCUT2D eigenvalue weighted by Gasteiger charge is -2.14. The van der Waals surface area contributed by atoms with E-state index < -0.39 is 11.8 Å². The first kappa shape index (κ1) is 15.4. The number of rotatable bonds is 6. The minimum atomic E-state index is -0.704. The topological polar surface area (TPSA) is 67.4 Å². The first-order valence-electron chi connectivity index (χ1n) is 6.91. The van der Waals surface area contributed by atoms with Crippen LogP contribution in [0.1, 0.15) is 35.7 Å². The molecule has 1 aliphatic rings. The molecule has 0 radical (unpaired) electrons. The Morgan fingerprint density at radius 3 is 2.71 bits per heavy atom. The zero-order valence-corrected chi connectivity index (χ0v) is 12.1. The lowest BCUT2D eigenvalue weighted by atomic mass is 10.1. The summed E-state index contributed by atoms with van der Waals surface area (Å²) in [4.78, 5) is 23.0. The first-order chi connectivity index (χ1) is 10.0. The Hall–Kier alpha value is -1.95. The molecule has 6 heteroatoms. The summed E-state index contributed by atoms with van der Waals surface area (Å²) in [6.45, 7) is 2.11. The van der Waals surface area contributed by atoms with E-state index in [1.807, 2.05) is 0 Å². The highest BCUT2D eigenvalue weighted by Crippen LogP contribution is 2.18. The van der Waals surface area contributed by atoms with Crippen LogP contribution in [0.4, 0.5) is 4.39 Å². The number of carbonyl (C=O) groups excluding carboxylic acids is 2. The monoisotopic (exact) mass is 294 g/mol. The van der Waals surface area contributed by atoms with Crippen molar-refractivity contribution in [2.24, 2.45) is 0 Å². The highest BCUT2D eigenvalue weighted by Gasteiger charge is 2.25. The maximum absolute atomic E-state index is 13.7. The lowest BCUT2D eigenvalue weighted by molar-refractivity contribution is -0.122. The summed E-state index contributed by atoms with van der Waals surface area (Å²) in [6, 6.07) is 4.25. The molecule has 1 fully saturated rings. The summed E-state index contributed by atoms with van der Waals surface area (Å²) in [5.74, 6) is -1.38. The molecule has 1 aromatic rings. The smallest absolute Gasteiger partial charge is 0.340 e. The van der Waals surface area contributed by atoms with Gasteiger partial charge in [0.2, 0.25) is 5.91 Å². The second-order valence-electron chi connectivity index (χ2n) is 5.19. The number of carbonyl (C=O) groups is 2. The molecular weight excluding hydrogens is 275 g/mol. The molecule has 0 aliphatic heterocycles. The van der Waals surface area contributed by atoms with Crippen molar-refractivity contribution in [1.82, 2.24) is 10.6 Å². The molecule has 0 heterocycles. The quantitative estimate of drug-likeness (QED) is 0.778. The minimum absolute atomic E-state index is 0.0517. The third-order valence-electron chi connectivity index (χ3n) is 3.37. The van der Waals surface area contributed by atoms with Gasteiger partial charge in [0.25, 0.3) is 0 Å². The third-order valence-corrected chi connectivity index (χ3v) is 3.37. The number of nitrogens with one attached hydrogen (secondary N) is 2. The van der Waals surface area contributed by atoms with Gasteiger partial charge < -0.3 is 15.4 Å². The maximum Gasteiger partial charge on any atom is 0.340 e. The summed E-state index contributed by atoms with van der Waals surface area (Å²) in [5.41, 5.74) is 0.562. The molecule has 2 N–H and O–H groups in total. The van der Waals surface area contributed by atoms with Crippen LogP contribution in [0.25, 0.3) is 0 Å². The fourth-order valence-electron chi connectivity index (χ4n) is 1.86. The van der Waals surface area contributed by atoms with E-state index in [1.54, 1.807) is 13.0 Å². The van der Waals surface area contributed by atoms with Gasteiger partial charge in [0.15, 0.2) is 0 Å². The summed E-state index contributed by atoms with van der Waals surface area (Å²) in [5, 5.41) is 5.92. The van der Waals surface area contributed by atoms with Gasteiger partial charge in [-0.25, -0.2) is 9.18 Å². The Morgan fingerprint density at radius 1 is 1.43 bits per heavy atom. The summed E-state index contributed by atoms with van der Waals surface area (Å²) in [7, 11) is 1.21. The molecule has 0 spiro atoms. The van der Waals surface area contributed by atoms with Crippen LogP contribution in [0.5, 0.6) is 0 Å². The SMILES string of the molecule is COC(=O)c1ccc(CNC(C)C(=O)NC2CC2)cc1F. The van der Waals surface area contributed by atoms with Gasteiger partial charge in [-0.15, -0.1) is 0 Å². The zero-order chi connectivity index (χ0) is 15.4. The Kier molecular flexibility index (Phi) is 4.90. The first-order valence-corrected chi connectivity index (χ1v) is 6.91. The van der Waals surface area contributed by atoms with Crippen molar-refractivity contribution in [3.8, 4) is 0 Å². The highest BCUT2D eigenvalue weighted by atomic mass is 19.1. The summed E-state index contributed by atoms with van der Waals surface area (Å²) in [6.07, 6.45) is 2.08. The van der Waals surface area contributed by atoms with Crippen LogP contribution < -0.4 is 10.6 Å². The highest BCUT2D eigenvalue weighted by molar-refractivity contribution is 5.89. The van der Waals surface area contributed by atoms with Crippen LogP contribution in [-0.2, 0) is 16.1 Å². The van der Waals surface area contributed by atoms with E-state index in [4.69, 9.17) is 0 Å². The van der Waals surface area contributed by atoms with Gasteiger partial charge in [0, 0.05) is 12.6 Å². The standard InChI is InChI=1S/C15H19FN2O3/c1-9(14(19)18-11-4-5-11)17-8-10-3-6-12(13(16)7-10)15(20)21-2/h3,6-7,9,11,17H,4-5,8H2,1-2H3,(H,18,19). The molecule has 114 valence electrons. The number of benzene rings is 1. The van der Waals surface area contributed by atoms with Crippen molar-refractivity contribution in [2.75, 3.05) is 7.11 Å². The average molecular weight is 294 g/mol. The van der Waals surface area contributed by atoms with Crippen LogP contribution in [0, 0.1) is 5.82 Å². The number of methoxy groups -OCH3 is 1. The van der Waals surface area contributed by atoms with E-state index >= 15 is 0 Å². The van der Waals surface area contributed by atoms with Crippen LogP contribution in [0.3, 0.4) is 0 Å². The van der Waals surface area contributed by atoms with Crippen LogP contribution in [-0.4, -0.2) is 31.1 Å². The van der Waals surface area contributed by atoms with Gasteiger partial charge >= 0.3 is 5.97 Å². The van der Waals surface area contributed by atoms with Gasteiger partial charge in [0.1, 0.15) is 5.82 Å². The fraction of sp³-hybridized carbons (Fsp3) is 0.467. The zero-order valence-electron chi connectivity index (χ0n) is 12.1. The number of ether oxygens (including phenoxy) is 1. The number of hydrogen-bond acceptors (Lipinski definition) is 4.